The van der Waals surface area contributed by atoms with E-state index in [1.165, 1.54) is 5.56 Å². The summed E-state index contributed by atoms with van der Waals surface area (Å²) < 4.78 is 2.08. The van der Waals surface area contributed by atoms with Gasteiger partial charge in [-0.05, 0) is 5.56 Å². The lowest BCUT2D eigenvalue weighted by Gasteiger charge is -2.36. The van der Waals surface area contributed by atoms with E-state index in [0.29, 0.717) is 13.0 Å². The van der Waals surface area contributed by atoms with Crippen LogP contribution < -0.4 is 5.32 Å². The Labute approximate surface area is 137 Å². The Kier molecular flexibility index (Phi) is 5.08. The van der Waals surface area contributed by atoms with E-state index < -0.39 is 0 Å². The van der Waals surface area contributed by atoms with Crippen molar-refractivity contribution in [2.45, 2.75) is 32.4 Å². The molecule has 2 aromatic rings. The number of carbonyl (C=O) groups is 1. The molecule has 0 radical (unpaired) electrons. The number of hydrogen-bond acceptors (Lipinski definition) is 3. The average molecular weight is 312 g/mol. The second-order valence-electron chi connectivity index (χ2n) is 5.86. The standard InChI is InChI=1S/C18H24N4O/c1-2-17-20-10-12-21(17)11-8-18(23)22-13-9-19-14-16(22)15-6-4-3-5-7-15/h3-7,10,12,16,19H,2,8-9,11,13-14H2,1H3. The van der Waals surface area contributed by atoms with Crippen molar-refractivity contribution in [3.63, 3.8) is 0 Å². The van der Waals surface area contributed by atoms with E-state index in [2.05, 4.69) is 33.9 Å². The minimum Gasteiger partial charge on any atom is -0.334 e. The van der Waals surface area contributed by atoms with Crippen molar-refractivity contribution in [1.82, 2.24) is 19.8 Å². The number of hydrogen-bond donors (Lipinski definition) is 1. The fraction of sp³-hybridized carbons (Fsp3) is 0.444. The lowest BCUT2D eigenvalue weighted by atomic mass is 10.0. The summed E-state index contributed by atoms with van der Waals surface area (Å²) in [5.41, 5.74) is 1.20. The van der Waals surface area contributed by atoms with Gasteiger partial charge in [-0.15, -0.1) is 0 Å². The smallest absolute Gasteiger partial charge is 0.224 e. The number of aryl methyl sites for hydroxylation is 2. The van der Waals surface area contributed by atoms with Gasteiger partial charge in [-0.1, -0.05) is 37.3 Å². The number of benzene rings is 1. The Hall–Kier alpha value is -2.14. The molecule has 1 amide bonds. The van der Waals surface area contributed by atoms with Crippen molar-refractivity contribution in [3.05, 3.63) is 54.1 Å². The van der Waals surface area contributed by atoms with Crippen molar-refractivity contribution in [2.75, 3.05) is 19.6 Å². The van der Waals surface area contributed by atoms with E-state index in [4.69, 9.17) is 0 Å². The number of amides is 1. The molecule has 0 bridgehead atoms. The summed E-state index contributed by atoms with van der Waals surface area (Å²) in [5.74, 6) is 1.26. The highest BCUT2D eigenvalue weighted by Crippen LogP contribution is 2.22. The SMILES string of the molecule is CCc1nccn1CCC(=O)N1CCNCC1c1ccccc1. The number of carbonyl (C=O) groups excluding carboxylic acids is 1. The Morgan fingerprint density at radius 1 is 1.35 bits per heavy atom. The Bertz CT molecular complexity index is 637. The molecule has 2 heterocycles. The highest BCUT2D eigenvalue weighted by molar-refractivity contribution is 5.76. The van der Waals surface area contributed by atoms with Gasteiger partial charge in [0.25, 0.3) is 0 Å². The van der Waals surface area contributed by atoms with Crippen molar-refractivity contribution in [1.29, 1.82) is 0 Å². The lowest BCUT2D eigenvalue weighted by molar-refractivity contribution is -0.134. The summed E-state index contributed by atoms with van der Waals surface area (Å²) in [5, 5.41) is 3.40. The number of nitrogens with one attached hydrogen (secondary N) is 1. The molecule has 1 aromatic carbocycles. The second kappa shape index (κ2) is 7.42. The molecule has 1 aromatic heterocycles. The number of aromatic nitrogens is 2. The van der Waals surface area contributed by atoms with Gasteiger partial charge in [-0.3, -0.25) is 4.79 Å². The van der Waals surface area contributed by atoms with Crippen LogP contribution in [0, 0.1) is 0 Å². The predicted octanol–water partition coefficient (Wildman–Crippen LogP) is 2.01. The van der Waals surface area contributed by atoms with Gasteiger partial charge in [0.1, 0.15) is 5.82 Å². The van der Waals surface area contributed by atoms with Crippen molar-refractivity contribution in [2.24, 2.45) is 0 Å². The highest BCUT2D eigenvalue weighted by Gasteiger charge is 2.27. The first-order valence-corrected chi connectivity index (χ1v) is 8.34. The lowest BCUT2D eigenvalue weighted by Crippen LogP contribution is -2.48. The molecule has 23 heavy (non-hydrogen) atoms. The van der Waals surface area contributed by atoms with E-state index in [1.54, 1.807) is 6.20 Å². The second-order valence-corrected chi connectivity index (χ2v) is 5.86. The van der Waals surface area contributed by atoms with Crippen LogP contribution in [-0.2, 0) is 17.8 Å². The first kappa shape index (κ1) is 15.7. The van der Waals surface area contributed by atoms with Gasteiger partial charge in [0.2, 0.25) is 5.91 Å². The Morgan fingerprint density at radius 2 is 2.17 bits per heavy atom. The maximum atomic E-state index is 12.7. The van der Waals surface area contributed by atoms with E-state index in [9.17, 15) is 4.79 Å². The van der Waals surface area contributed by atoms with Gasteiger partial charge in [-0.25, -0.2) is 4.98 Å². The summed E-state index contributed by atoms with van der Waals surface area (Å²) in [7, 11) is 0. The summed E-state index contributed by atoms with van der Waals surface area (Å²) in [6.07, 6.45) is 5.17. The minimum absolute atomic E-state index is 0.130. The van der Waals surface area contributed by atoms with E-state index in [1.807, 2.05) is 29.3 Å². The van der Waals surface area contributed by atoms with E-state index in [-0.39, 0.29) is 11.9 Å². The zero-order chi connectivity index (χ0) is 16.1. The van der Waals surface area contributed by atoms with Crippen LogP contribution in [-0.4, -0.2) is 40.0 Å². The van der Waals surface area contributed by atoms with Crippen LogP contribution in [0.5, 0.6) is 0 Å². The molecule has 1 aliphatic heterocycles. The van der Waals surface area contributed by atoms with Crippen molar-refractivity contribution in [3.8, 4) is 0 Å². The molecule has 0 aliphatic carbocycles. The average Bonchev–Trinajstić information content (AvgIpc) is 3.08. The van der Waals surface area contributed by atoms with Crippen LogP contribution in [0.15, 0.2) is 42.7 Å². The topological polar surface area (TPSA) is 50.2 Å². The Balaban J connectivity index is 1.67. The molecule has 1 fully saturated rings. The van der Waals surface area contributed by atoms with Crippen molar-refractivity contribution >= 4 is 5.91 Å². The predicted molar refractivity (Wildman–Crippen MR) is 90.0 cm³/mol. The fourth-order valence-corrected chi connectivity index (χ4v) is 3.19. The molecular formula is C18H24N4O. The molecule has 0 saturated carbocycles. The van der Waals surface area contributed by atoms with Gasteiger partial charge in [0.15, 0.2) is 0 Å². The molecule has 1 N–H and O–H groups in total. The van der Waals surface area contributed by atoms with Gasteiger partial charge < -0.3 is 14.8 Å². The van der Waals surface area contributed by atoms with E-state index >= 15 is 0 Å². The third kappa shape index (κ3) is 3.62. The molecule has 3 rings (SSSR count). The molecular weight excluding hydrogens is 288 g/mol. The van der Waals surface area contributed by atoms with Crippen LogP contribution in [0.2, 0.25) is 0 Å². The zero-order valence-corrected chi connectivity index (χ0v) is 13.6. The van der Waals surface area contributed by atoms with Gasteiger partial charge in [0.05, 0.1) is 6.04 Å². The van der Waals surface area contributed by atoms with Crippen LogP contribution in [0.25, 0.3) is 0 Å². The summed E-state index contributed by atoms with van der Waals surface area (Å²) in [6, 6.07) is 10.4. The maximum Gasteiger partial charge on any atom is 0.224 e. The van der Waals surface area contributed by atoms with Crippen molar-refractivity contribution < 1.29 is 4.79 Å². The molecule has 5 nitrogen and oxygen atoms in total. The van der Waals surface area contributed by atoms with Crippen LogP contribution in [0.4, 0.5) is 0 Å². The molecule has 1 atom stereocenters. The first-order valence-electron chi connectivity index (χ1n) is 8.34. The highest BCUT2D eigenvalue weighted by atomic mass is 16.2. The Morgan fingerprint density at radius 3 is 2.96 bits per heavy atom. The molecule has 0 spiro atoms. The van der Waals surface area contributed by atoms with Crippen LogP contribution >= 0.6 is 0 Å². The molecule has 1 saturated heterocycles. The van der Waals surface area contributed by atoms with Gasteiger partial charge in [-0.2, -0.15) is 0 Å². The molecule has 122 valence electrons. The minimum atomic E-state index is 0.130. The normalized spacial score (nSPS) is 18.1. The van der Waals surface area contributed by atoms with Gasteiger partial charge in [0, 0.05) is 51.4 Å². The largest absolute Gasteiger partial charge is 0.334 e. The molecule has 1 unspecified atom stereocenters. The third-order valence-electron chi connectivity index (χ3n) is 4.43. The molecule has 5 heteroatoms. The summed E-state index contributed by atoms with van der Waals surface area (Å²) in [4.78, 5) is 19.1. The fourth-order valence-electron chi connectivity index (χ4n) is 3.19. The quantitative estimate of drug-likeness (QED) is 0.919. The van der Waals surface area contributed by atoms with Gasteiger partial charge >= 0.3 is 0 Å². The maximum absolute atomic E-state index is 12.7. The molecule has 1 aliphatic rings. The summed E-state index contributed by atoms with van der Waals surface area (Å²) >= 11 is 0. The number of imidazole rings is 1. The number of nitrogens with zero attached hydrogens (tertiary/aromatic N) is 3. The third-order valence-corrected chi connectivity index (χ3v) is 4.43. The van der Waals surface area contributed by atoms with E-state index in [0.717, 1.165) is 31.9 Å². The summed E-state index contributed by atoms with van der Waals surface area (Å²) in [6.45, 7) is 5.24. The monoisotopic (exact) mass is 312 g/mol. The number of rotatable bonds is 5. The first-order chi connectivity index (χ1) is 11.3. The zero-order valence-electron chi connectivity index (χ0n) is 13.6. The van der Waals surface area contributed by atoms with Crippen LogP contribution in [0.3, 0.4) is 0 Å². The van der Waals surface area contributed by atoms with Crippen LogP contribution in [0.1, 0.15) is 30.8 Å². The number of piperazine rings is 1.